The van der Waals surface area contributed by atoms with Crippen molar-refractivity contribution in [3.8, 4) is 0 Å². The summed E-state index contributed by atoms with van der Waals surface area (Å²) in [6, 6.07) is 11.2. The fraction of sp³-hybridized carbons (Fsp3) is 0.222. The van der Waals surface area contributed by atoms with E-state index in [2.05, 4.69) is 10.6 Å². The molecule has 138 valence electrons. The Morgan fingerprint density at radius 3 is 2.27 bits per heavy atom. The van der Waals surface area contributed by atoms with Crippen LogP contribution in [0.15, 0.2) is 42.5 Å². The van der Waals surface area contributed by atoms with Gasteiger partial charge in [0, 0.05) is 15.7 Å². The molecule has 0 spiro atoms. The molecule has 8 heteroatoms. The third-order valence-corrected chi connectivity index (χ3v) is 4.48. The van der Waals surface area contributed by atoms with Gasteiger partial charge in [-0.1, -0.05) is 46.9 Å². The van der Waals surface area contributed by atoms with Crippen molar-refractivity contribution in [2.24, 2.45) is 0 Å². The summed E-state index contributed by atoms with van der Waals surface area (Å²) in [5, 5.41) is 6.75. The molecule has 2 amide bonds. The smallest absolute Gasteiger partial charge is 0.241 e. The predicted molar refractivity (Wildman–Crippen MR) is 107 cm³/mol. The van der Waals surface area contributed by atoms with Crippen molar-refractivity contribution in [3.05, 3.63) is 57.5 Å². The van der Waals surface area contributed by atoms with Crippen LogP contribution in [-0.2, 0) is 9.59 Å². The lowest BCUT2D eigenvalue weighted by Gasteiger charge is -2.23. The van der Waals surface area contributed by atoms with Gasteiger partial charge < -0.3 is 10.6 Å². The van der Waals surface area contributed by atoms with Gasteiger partial charge in [-0.15, -0.1) is 0 Å². The van der Waals surface area contributed by atoms with Gasteiger partial charge in [-0.3, -0.25) is 14.5 Å². The van der Waals surface area contributed by atoms with Crippen LogP contribution in [0.5, 0.6) is 0 Å². The Kier molecular flexibility index (Phi) is 7.29. The number of likely N-dealkylation sites (N-methyl/N-ethyl adjacent to an activating group) is 1. The van der Waals surface area contributed by atoms with Gasteiger partial charge in [-0.05, 0) is 44.3 Å². The molecule has 0 bridgehead atoms. The van der Waals surface area contributed by atoms with Crippen LogP contribution >= 0.6 is 34.8 Å². The summed E-state index contributed by atoms with van der Waals surface area (Å²) in [5.41, 5.74) is 1.02. The first-order chi connectivity index (χ1) is 12.3. The normalized spacial score (nSPS) is 11.9. The van der Waals surface area contributed by atoms with Crippen molar-refractivity contribution in [3.63, 3.8) is 0 Å². The van der Waals surface area contributed by atoms with Gasteiger partial charge in [0.1, 0.15) is 0 Å². The number of hydrogen-bond acceptors (Lipinski definition) is 3. The highest BCUT2D eigenvalue weighted by molar-refractivity contribution is 6.35. The summed E-state index contributed by atoms with van der Waals surface area (Å²) in [5.74, 6) is -0.553. The number of carbonyl (C=O) groups excluding carboxylic acids is 2. The van der Waals surface area contributed by atoms with E-state index in [1.165, 1.54) is 0 Å². The molecule has 0 aliphatic heterocycles. The summed E-state index contributed by atoms with van der Waals surface area (Å²) < 4.78 is 0. The Bertz CT molecular complexity index is 794. The van der Waals surface area contributed by atoms with Gasteiger partial charge in [0.2, 0.25) is 11.8 Å². The first kappa shape index (κ1) is 20.5. The number of para-hydroxylation sites is 1. The molecule has 2 N–H and O–H groups in total. The van der Waals surface area contributed by atoms with E-state index in [0.717, 1.165) is 0 Å². The summed E-state index contributed by atoms with van der Waals surface area (Å²) in [4.78, 5) is 26.2. The molecule has 0 aliphatic rings. The van der Waals surface area contributed by atoms with Crippen LogP contribution < -0.4 is 10.6 Å². The van der Waals surface area contributed by atoms with Gasteiger partial charge in [0.05, 0.1) is 23.3 Å². The second-order valence-electron chi connectivity index (χ2n) is 5.77. The second kappa shape index (κ2) is 9.24. The average Bonchev–Trinajstić information content (AvgIpc) is 2.55. The Hall–Kier alpha value is -1.79. The standard InChI is InChI=1S/C18H18Cl3N3O2/c1-11(18(26)22-14-8-12(19)7-13(20)9-14)24(2)10-17(25)23-16-6-4-3-5-15(16)21/h3-9,11H,10H2,1-2H3,(H,22,26)(H,23,25)/t11-/m0/s1. The molecule has 0 saturated carbocycles. The fourth-order valence-corrected chi connectivity index (χ4v) is 2.90. The molecule has 0 radical (unpaired) electrons. The summed E-state index contributed by atoms with van der Waals surface area (Å²) in [6.45, 7) is 1.72. The minimum Gasteiger partial charge on any atom is -0.325 e. The molecule has 26 heavy (non-hydrogen) atoms. The van der Waals surface area contributed by atoms with Crippen molar-refractivity contribution in [1.29, 1.82) is 0 Å². The quantitative estimate of drug-likeness (QED) is 0.729. The third kappa shape index (κ3) is 5.88. The molecule has 1 atom stereocenters. The summed E-state index contributed by atoms with van der Waals surface area (Å²) >= 11 is 17.9. The van der Waals surface area contributed by atoms with Crippen molar-refractivity contribution >= 4 is 58.0 Å². The van der Waals surface area contributed by atoms with Crippen molar-refractivity contribution in [1.82, 2.24) is 4.90 Å². The molecule has 2 aromatic rings. The molecule has 5 nitrogen and oxygen atoms in total. The zero-order chi connectivity index (χ0) is 19.3. The molecule has 0 fully saturated rings. The fourth-order valence-electron chi connectivity index (χ4n) is 2.19. The molecule has 0 unspecified atom stereocenters. The van der Waals surface area contributed by atoms with Crippen molar-refractivity contribution < 1.29 is 9.59 Å². The Labute approximate surface area is 167 Å². The number of halogens is 3. The first-order valence-corrected chi connectivity index (χ1v) is 8.91. The van der Waals surface area contributed by atoms with Crippen molar-refractivity contribution in [2.75, 3.05) is 24.2 Å². The van der Waals surface area contributed by atoms with E-state index in [9.17, 15) is 9.59 Å². The van der Waals surface area contributed by atoms with Gasteiger partial charge in [-0.25, -0.2) is 0 Å². The van der Waals surface area contributed by atoms with E-state index in [4.69, 9.17) is 34.8 Å². The summed E-state index contributed by atoms with van der Waals surface area (Å²) in [7, 11) is 1.68. The second-order valence-corrected chi connectivity index (χ2v) is 7.05. The third-order valence-electron chi connectivity index (χ3n) is 3.71. The molecule has 0 saturated heterocycles. The highest BCUT2D eigenvalue weighted by Gasteiger charge is 2.20. The minimum absolute atomic E-state index is 0.0239. The largest absolute Gasteiger partial charge is 0.325 e. The number of benzene rings is 2. The van der Waals surface area contributed by atoms with Crippen LogP contribution in [0.25, 0.3) is 0 Å². The van der Waals surface area contributed by atoms with Crippen molar-refractivity contribution in [2.45, 2.75) is 13.0 Å². The number of anilines is 2. The number of hydrogen-bond donors (Lipinski definition) is 2. The molecule has 0 heterocycles. The van der Waals surface area contributed by atoms with Crippen LogP contribution in [-0.4, -0.2) is 36.3 Å². The minimum atomic E-state index is -0.551. The maximum absolute atomic E-state index is 12.4. The zero-order valence-corrected chi connectivity index (χ0v) is 16.5. The molecule has 2 rings (SSSR count). The van der Waals surface area contributed by atoms with E-state index >= 15 is 0 Å². The Morgan fingerprint density at radius 1 is 1.04 bits per heavy atom. The van der Waals surface area contributed by atoms with E-state index in [-0.39, 0.29) is 18.4 Å². The predicted octanol–water partition coefficient (Wildman–Crippen LogP) is 4.54. The number of carbonyl (C=O) groups is 2. The van der Waals surface area contributed by atoms with Crippen LogP contribution in [0.4, 0.5) is 11.4 Å². The summed E-state index contributed by atoms with van der Waals surface area (Å²) in [6.07, 6.45) is 0. The molecule has 2 aromatic carbocycles. The Balaban J connectivity index is 1.93. The highest BCUT2D eigenvalue weighted by atomic mass is 35.5. The Morgan fingerprint density at radius 2 is 1.65 bits per heavy atom. The molecular formula is C18H18Cl3N3O2. The molecule has 0 aromatic heterocycles. The van der Waals surface area contributed by atoms with E-state index in [0.29, 0.717) is 26.4 Å². The first-order valence-electron chi connectivity index (χ1n) is 7.78. The number of nitrogens with one attached hydrogen (secondary N) is 2. The van der Waals surface area contributed by atoms with Gasteiger partial charge in [-0.2, -0.15) is 0 Å². The maximum Gasteiger partial charge on any atom is 0.241 e. The number of rotatable bonds is 6. The van der Waals surface area contributed by atoms with E-state index in [1.807, 2.05) is 0 Å². The molecular weight excluding hydrogens is 397 g/mol. The van der Waals surface area contributed by atoms with Crippen LogP contribution in [0.1, 0.15) is 6.92 Å². The van der Waals surface area contributed by atoms with Crippen LogP contribution in [0.3, 0.4) is 0 Å². The molecule has 0 aliphatic carbocycles. The lowest BCUT2D eigenvalue weighted by molar-refractivity contribution is -0.122. The average molecular weight is 415 g/mol. The monoisotopic (exact) mass is 413 g/mol. The van der Waals surface area contributed by atoms with Gasteiger partial charge >= 0.3 is 0 Å². The zero-order valence-electron chi connectivity index (χ0n) is 14.2. The number of nitrogens with zero attached hydrogens (tertiary/aromatic N) is 1. The van der Waals surface area contributed by atoms with Crippen LogP contribution in [0, 0.1) is 0 Å². The topological polar surface area (TPSA) is 61.4 Å². The van der Waals surface area contributed by atoms with Crippen LogP contribution in [0.2, 0.25) is 15.1 Å². The van der Waals surface area contributed by atoms with Gasteiger partial charge in [0.25, 0.3) is 0 Å². The maximum atomic E-state index is 12.4. The van der Waals surface area contributed by atoms with E-state index < -0.39 is 6.04 Å². The highest BCUT2D eigenvalue weighted by Crippen LogP contribution is 2.23. The SMILES string of the molecule is C[C@@H](C(=O)Nc1cc(Cl)cc(Cl)c1)N(C)CC(=O)Nc1ccccc1Cl. The lowest BCUT2D eigenvalue weighted by Crippen LogP contribution is -2.43. The van der Waals surface area contributed by atoms with E-state index in [1.54, 1.807) is 61.3 Å². The number of amides is 2. The lowest BCUT2D eigenvalue weighted by atomic mass is 10.2. The van der Waals surface area contributed by atoms with Gasteiger partial charge in [0.15, 0.2) is 0 Å².